The lowest BCUT2D eigenvalue weighted by Gasteiger charge is -2.19. The predicted molar refractivity (Wildman–Crippen MR) is 72.1 cm³/mol. The zero-order valence-electron chi connectivity index (χ0n) is 9.53. The van der Waals surface area contributed by atoms with E-state index in [4.69, 9.17) is 0 Å². The van der Waals surface area contributed by atoms with Gasteiger partial charge in [0.15, 0.2) is 0 Å². The fourth-order valence-corrected chi connectivity index (χ4v) is 3.62. The molecular formula is C14H18BrN. The normalized spacial score (nSPS) is 28.4. The summed E-state index contributed by atoms with van der Waals surface area (Å²) in [6.07, 6.45) is 4.38. The highest BCUT2D eigenvalue weighted by Gasteiger charge is 2.35. The molecule has 86 valence electrons. The first-order valence-electron chi connectivity index (χ1n) is 6.26. The van der Waals surface area contributed by atoms with Gasteiger partial charge in [0.05, 0.1) is 0 Å². The highest BCUT2D eigenvalue weighted by molar-refractivity contribution is 9.08. The summed E-state index contributed by atoms with van der Waals surface area (Å²) < 4.78 is 0. The quantitative estimate of drug-likeness (QED) is 0.744. The third-order valence-electron chi connectivity index (χ3n) is 4.18. The van der Waals surface area contributed by atoms with Crippen LogP contribution in [0.3, 0.4) is 0 Å². The van der Waals surface area contributed by atoms with E-state index in [9.17, 15) is 0 Å². The Morgan fingerprint density at radius 1 is 1.06 bits per heavy atom. The van der Waals surface area contributed by atoms with Crippen molar-refractivity contribution in [2.75, 3.05) is 18.0 Å². The summed E-state index contributed by atoms with van der Waals surface area (Å²) in [5.41, 5.74) is 2.78. The monoisotopic (exact) mass is 279 g/mol. The Hall–Kier alpha value is -0.500. The van der Waals surface area contributed by atoms with Gasteiger partial charge in [-0.3, -0.25) is 0 Å². The zero-order chi connectivity index (χ0) is 11.0. The van der Waals surface area contributed by atoms with Crippen LogP contribution in [0.2, 0.25) is 0 Å². The van der Waals surface area contributed by atoms with Gasteiger partial charge in [-0.2, -0.15) is 0 Å². The first-order chi connectivity index (χ1) is 7.86. The number of fused-ring (bicyclic) bond motifs is 1. The van der Waals surface area contributed by atoms with E-state index >= 15 is 0 Å². The molecule has 2 atom stereocenters. The first kappa shape index (κ1) is 10.6. The smallest absolute Gasteiger partial charge is 0.0366 e. The fraction of sp³-hybridized carbons (Fsp3) is 0.571. The predicted octanol–water partition coefficient (Wildman–Crippen LogP) is 3.82. The van der Waals surface area contributed by atoms with Crippen molar-refractivity contribution in [3.8, 4) is 0 Å². The van der Waals surface area contributed by atoms with Gasteiger partial charge in [-0.15, -0.1) is 0 Å². The Labute approximate surface area is 106 Å². The lowest BCUT2D eigenvalue weighted by Crippen LogP contribution is -2.20. The van der Waals surface area contributed by atoms with E-state index in [2.05, 4.69) is 45.1 Å². The van der Waals surface area contributed by atoms with E-state index in [0.29, 0.717) is 0 Å². The highest BCUT2D eigenvalue weighted by Crippen LogP contribution is 2.39. The lowest BCUT2D eigenvalue weighted by molar-refractivity contribution is 0.494. The molecular weight excluding hydrogens is 262 g/mol. The lowest BCUT2D eigenvalue weighted by atomic mass is 10.0. The van der Waals surface area contributed by atoms with Gasteiger partial charge in [0, 0.05) is 24.1 Å². The molecule has 1 nitrogen and oxygen atoms in total. The Bertz CT molecular complexity index is 348. The number of nitrogens with zero attached hydrogens (tertiary/aromatic N) is 1. The van der Waals surface area contributed by atoms with Crippen molar-refractivity contribution in [2.45, 2.75) is 24.6 Å². The molecule has 1 heterocycles. The zero-order valence-corrected chi connectivity index (χ0v) is 11.1. The second kappa shape index (κ2) is 4.40. The Kier molecular flexibility index (Phi) is 2.93. The highest BCUT2D eigenvalue weighted by atomic mass is 79.9. The molecule has 3 rings (SSSR count). The molecule has 2 unspecified atom stereocenters. The molecule has 1 aromatic carbocycles. The Morgan fingerprint density at radius 3 is 2.25 bits per heavy atom. The largest absolute Gasteiger partial charge is 0.371 e. The van der Waals surface area contributed by atoms with Crippen molar-refractivity contribution in [3.05, 3.63) is 29.8 Å². The van der Waals surface area contributed by atoms with Crippen LogP contribution in [0.25, 0.3) is 0 Å². The molecule has 1 aliphatic carbocycles. The van der Waals surface area contributed by atoms with Crippen LogP contribution >= 0.6 is 15.9 Å². The maximum absolute atomic E-state index is 3.49. The van der Waals surface area contributed by atoms with Gasteiger partial charge in [0.1, 0.15) is 0 Å². The average Bonchev–Trinajstić information content (AvgIpc) is 2.89. The van der Waals surface area contributed by atoms with Crippen molar-refractivity contribution in [3.63, 3.8) is 0 Å². The van der Waals surface area contributed by atoms with Gasteiger partial charge >= 0.3 is 0 Å². The third-order valence-corrected chi connectivity index (χ3v) is 4.83. The van der Waals surface area contributed by atoms with Crippen LogP contribution in [-0.4, -0.2) is 13.1 Å². The topological polar surface area (TPSA) is 3.24 Å². The summed E-state index contributed by atoms with van der Waals surface area (Å²) in [5, 5.41) is 0.957. The van der Waals surface area contributed by atoms with Crippen LogP contribution < -0.4 is 4.90 Å². The molecule has 0 N–H and O–H groups in total. The van der Waals surface area contributed by atoms with Gasteiger partial charge in [0.25, 0.3) is 0 Å². The van der Waals surface area contributed by atoms with Crippen LogP contribution in [0.1, 0.15) is 24.8 Å². The van der Waals surface area contributed by atoms with Crippen LogP contribution in [0.5, 0.6) is 0 Å². The van der Waals surface area contributed by atoms with Gasteiger partial charge in [0.2, 0.25) is 0 Å². The number of hydrogen-bond acceptors (Lipinski definition) is 1. The molecule has 2 heteroatoms. The molecule has 0 aromatic heterocycles. The van der Waals surface area contributed by atoms with Crippen LogP contribution in [0.15, 0.2) is 24.3 Å². The number of alkyl halides is 1. The fourth-order valence-electron chi connectivity index (χ4n) is 3.24. The van der Waals surface area contributed by atoms with Gasteiger partial charge in [-0.1, -0.05) is 34.5 Å². The number of anilines is 1. The van der Waals surface area contributed by atoms with Crippen molar-refractivity contribution in [1.82, 2.24) is 0 Å². The number of rotatable bonds is 2. The minimum Gasteiger partial charge on any atom is -0.371 e. The number of hydrogen-bond donors (Lipinski definition) is 0. The molecule has 1 aromatic rings. The van der Waals surface area contributed by atoms with Gasteiger partial charge in [-0.05, 0) is 42.4 Å². The Morgan fingerprint density at radius 2 is 1.69 bits per heavy atom. The van der Waals surface area contributed by atoms with Crippen LogP contribution in [0.4, 0.5) is 5.69 Å². The Balaban J connectivity index is 1.73. The number of halogens is 1. The summed E-state index contributed by atoms with van der Waals surface area (Å²) in [5.74, 6) is 1.96. The third kappa shape index (κ3) is 1.88. The van der Waals surface area contributed by atoms with E-state index in [1.165, 1.54) is 43.6 Å². The van der Waals surface area contributed by atoms with E-state index in [1.807, 2.05) is 0 Å². The maximum Gasteiger partial charge on any atom is 0.0366 e. The van der Waals surface area contributed by atoms with Crippen molar-refractivity contribution in [1.29, 1.82) is 0 Å². The molecule has 0 amide bonds. The standard InChI is InChI=1S/C14H18BrN/c15-8-11-4-6-14(7-5-11)16-9-12-2-1-3-13(12)10-16/h4-7,12-13H,1-3,8-10H2. The van der Waals surface area contributed by atoms with Gasteiger partial charge < -0.3 is 4.90 Å². The molecule has 0 bridgehead atoms. The second-order valence-corrected chi connectivity index (χ2v) is 5.72. The van der Waals surface area contributed by atoms with Crippen LogP contribution in [0, 0.1) is 11.8 Å². The molecule has 16 heavy (non-hydrogen) atoms. The van der Waals surface area contributed by atoms with E-state index < -0.39 is 0 Å². The van der Waals surface area contributed by atoms with Crippen molar-refractivity contribution >= 4 is 21.6 Å². The molecule has 1 saturated carbocycles. The van der Waals surface area contributed by atoms with Crippen molar-refractivity contribution in [2.24, 2.45) is 11.8 Å². The van der Waals surface area contributed by atoms with E-state index in [0.717, 1.165) is 17.2 Å². The summed E-state index contributed by atoms with van der Waals surface area (Å²) in [4.78, 5) is 2.58. The molecule has 1 saturated heterocycles. The maximum atomic E-state index is 3.49. The minimum absolute atomic E-state index is 0.957. The minimum atomic E-state index is 0.957. The average molecular weight is 280 g/mol. The summed E-state index contributed by atoms with van der Waals surface area (Å²) in [7, 11) is 0. The summed E-state index contributed by atoms with van der Waals surface area (Å²) in [6.45, 7) is 2.58. The van der Waals surface area contributed by atoms with E-state index in [1.54, 1.807) is 0 Å². The molecule has 2 aliphatic rings. The van der Waals surface area contributed by atoms with Crippen LogP contribution in [-0.2, 0) is 5.33 Å². The molecule has 0 radical (unpaired) electrons. The molecule has 1 aliphatic heterocycles. The SMILES string of the molecule is BrCc1ccc(N2CC3CCCC3C2)cc1. The van der Waals surface area contributed by atoms with E-state index in [-0.39, 0.29) is 0 Å². The second-order valence-electron chi connectivity index (χ2n) is 5.16. The molecule has 2 fully saturated rings. The number of benzene rings is 1. The van der Waals surface area contributed by atoms with Gasteiger partial charge in [-0.25, -0.2) is 0 Å². The van der Waals surface area contributed by atoms with Crippen molar-refractivity contribution < 1.29 is 0 Å². The summed E-state index contributed by atoms with van der Waals surface area (Å²) in [6, 6.07) is 9.02. The molecule has 0 spiro atoms. The summed E-state index contributed by atoms with van der Waals surface area (Å²) >= 11 is 3.49. The first-order valence-corrected chi connectivity index (χ1v) is 7.39.